The van der Waals surface area contributed by atoms with Gasteiger partial charge in [-0.15, -0.1) is 0 Å². The van der Waals surface area contributed by atoms with Gasteiger partial charge in [-0.2, -0.15) is 0 Å². The van der Waals surface area contributed by atoms with Crippen LogP contribution in [0.1, 0.15) is 13.3 Å². The van der Waals surface area contributed by atoms with Crippen molar-refractivity contribution in [3.05, 3.63) is 0 Å². The smallest absolute Gasteiger partial charge is 0.328 e. The molecule has 0 aliphatic heterocycles. The first kappa shape index (κ1) is 14.1. The van der Waals surface area contributed by atoms with Gasteiger partial charge < -0.3 is 19.7 Å². The summed E-state index contributed by atoms with van der Waals surface area (Å²) in [6.07, 6.45) is 0.0461. The first-order valence-electron chi connectivity index (χ1n) is 4.48. The molecular formula is C8H16NO5P. The monoisotopic (exact) mass is 237 g/mol. The highest BCUT2D eigenvalue weighted by molar-refractivity contribution is 7.44. The fourth-order valence-corrected chi connectivity index (χ4v) is 1.79. The minimum absolute atomic E-state index is 0.210. The fourth-order valence-electron chi connectivity index (χ4n) is 1.02. The van der Waals surface area contributed by atoms with Crippen molar-refractivity contribution in [2.75, 3.05) is 19.6 Å². The van der Waals surface area contributed by atoms with Gasteiger partial charge in [-0.25, -0.2) is 4.79 Å². The maximum absolute atomic E-state index is 11.2. The van der Waals surface area contributed by atoms with Crippen molar-refractivity contribution in [3.8, 4) is 0 Å². The minimum Gasteiger partial charge on any atom is -0.467 e. The number of ether oxygens (including phenoxy) is 1. The average Bonchev–Trinajstić information content (AvgIpc) is 2.21. The van der Waals surface area contributed by atoms with Gasteiger partial charge in [0.2, 0.25) is 5.91 Å². The number of nitrogens with one attached hydrogen (secondary N) is 1. The predicted molar refractivity (Wildman–Crippen MR) is 55.2 cm³/mol. The summed E-state index contributed by atoms with van der Waals surface area (Å²) < 4.78 is 15.5. The second-order valence-corrected chi connectivity index (χ2v) is 4.91. The van der Waals surface area contributed by atoms with Crippen molar-refractivity contribution in [1.82, 2.24) is 5.32 Å². The number of carbonyl (C=O) groups is 2. The van der Waals surface area contributed by atoms with Crippen LogP contribution in [0.3, 0.4) is 0 Å². The lowest BCUT2D eigenvalue weighted by atomic mass is 10.2. The number of carbonyl (C=O) groups excluding carboxylic acids is 2. The van der Waals surface area contributed by atoms with Gasteiger partial charge in [-0.3, -0.25) is 4.79 Å². The van der Waals surface area contributed by atoms with Crippen molar-refractivity contribution in [2.24, 2.45) is 0 Å². The number of esters is 1. The van der Waals surface area contributed by atoms with Crippen LogP contribution < -0.4 is 5.32 Å². The zero-order valence-corrected chi connectivity index (χ0v) is 9.78. The van der Waals surface area contributed by atoms with E-state index < -0.39 is 19.8 Å². The molecule has 0 bridgehead atoms. The lowest BCUT2D eigenvalue weighted by Crippen LogP contribution is -2.40. The van der Waals surface area contributed by atoms with Crippen LogP contribution >= 0.6 is 7.80 Å². The molecule has 0 heterocycles. The summed E-state index contributed by atoms with van der Waals surface area (Å²) in [6.45, 7) is 1.28. The van der Waals surface area contributed by atoms with E-state index in [2.05, 4.69) is 10.1 Å². The molecule has 0 aromatic carbocycles. The molecule has 88 valence electrons. The molecule has 0 saturated carbocycles. The Labute approximate surface area is 88.8 Å². The number of aliphatic hydroxyl groups excluding tert-OH is 1. The lowest BCUT2D eigenvalue weighted by molar-refractivity contribution is -0.144. The highest BCUT2D eigenvalue weighted by Crippen LogP contribution is 2.20. The molecule has 0 aliphatic carbocycles. The predicted octanol–water partition coefficient (Wildman–Crippen LogP) is -0.436. The first-order valence-corrected chi connectivity index (χ1v) is 6.31. The molecule has 0 aromatic heterocycles. The van der Waals surface area contributed by atoms with Crippen LogP contribution in [0.2, 0.25) is 0 Å². The molecule has 1 amide bonds. The fraction of sp³-hybridized carbons (Fsp3) is 0.750. The van der Waals surface area contributed by atoms with Crippen molar-refractivity contribution in [3.63, 3.8) is 0 Å². The van der Waals surface area contributed by atoms with Crippen LogP contribution in [-0.4, -0.2) is 42.6 Å². The van der Waals surface area contributed by atoms with E-state index in [0.29, 0.717) is 0 Å². The van der Waals surface area contributed by atoms with Gasteiger partial charge in [0.05, 0.1) is 13.5 Å². The van der Waals surface area contributed by atoms with Gasteiger partial charge in [-0.1, -0.05) is 0 Å². The molecule has 2 unspecified atom stereocenters. The van der Waals surface area contributed by atoms with Gasteiger partial charge in [0.15, 0.2) is 0 Å². The Kier molecular flexibility index (Phi) is 6.99. The van der Waals surface area contributed by atoms with Gasteiger partial charge >= 0.3 is 5.97 Å². The third kappa shape index (κ3) is 6.25. The Bertz CT molecular complexity index is 255. The first-order chi connectivity index (χ1) is 7.01. The van der Waals surface area contributed by atoms with Gasteiger partial charge in [0.25, 0.3) is 0 Å². The SMILES string of the molecule is COC(=O)C(CC[PH](=O)CO)NC(C)=O. The zero-order valence-electron chi connectivity index (χ0n) is 8.78. The van der Waals surface area contributed by atoms with E-state index in [4.69, 9.17) is 5.11 Å². The molecule has 0 spiro atoms. The molecule has 7 heteroatoms. The quantitative estimate of drug-likeness (QED) is 0.482. The van der Waals surface area contributed by atoms with E-state index in [-0.39, 0.29) is 24.8 Å². The molecule has 0 radical (unpaired) electrons. The molecule has 0 fully saturated rings. The van der Waals surface area contributed by atoms with Crippen molar-refractivity contribution < 1.29 is 24.0 Å². The standard InChI is InChI=1S/C8H16NO5P/c1-6(11)9-7(8(12)14-2)3-4-15(13)5-10/h7,10,15H,3-5H2,1-2H3,(H,9,11). The van der Waals surface area contributed by atoms with Crippen molar-refractivity contribution in [1.29, 1.82) is 0 Å². The maximum Gasteiger partial charge on any atom is 0.328 e. The van der Waals surface area contributed by atoms with Gasteiger partial charge in [-0.05, 0) is 6.42 Å². The molecule has 0 saturated heterocycles. The van der Waals surface area contributed by atoms with Gasteiger partial charge in [0.1, 0.15) is 13.8 Å². The Morgan fingerprint density at radius 3 is 2.53 bits per heavy atom. The number of hydrogen-bond donors (Lipinski definition) is 2. The summed E-state index contributed by atoms with van der Waals surface area (Å²) in [6, 6.07) is -0.784. The van der Waals surface area contributed by atoms with Crippen LogP contribution in [0, 0.1) is 0 Å². The van der Waals surface area contributed by atoms with E-state index in [9.17, 15) is 14.2 Å². The number of methoxy groups -OCH3 is 1. The Hall–Kier alpha value is -0.870. The maximum atomic E-state index is 11.2. The highest BCUT2D eigenvalue weighted by atomic mass is 31.1. The number of aliphatic hydroxyl groups is 1. The summed E-state index contributed by atoms with van der Waals surface area (Å²) in [5, 5.41) is 10.9. The largest absolute Gasteiger partial charge is 0.467 e. The van der Waals surface area contributed by atoms with E-state index in [1.54, 1.807) is 0 Å². The van der Waals surface area contributed by atoms with Crippen LogP contribution in [0.4, 0.5) is 0 Å². The minimum atomic E-state index is -2.05. The average molecular weight is 237 g/mol. The molecule has 6 nitrogen and oxygen atoms in total. The number of amides is 1. The second-order valence-electron chi connectivity index (χ2n) is 3.01. The van der Waals surface area contributed by atoms with Crippen LogP contribution in [0.25, 0.3) is 0 Å². The molecule has 15 heavy (non-hydrogen) atoms. The van der Waals surface area contributed by atoms with Gasteiger partial charge in [0, 0.05) is 13.1 Å². The van der Waals surface area contributed by atoms with E-state index >= 15 is 0 Å². The second kappa shape index (κ2) is 7.43. The van der Waals surface area contributed by atoms with Crippen LogP contribution in [0.5, 0.6) is 0 Å². The topological polar surface area (TPSA) is 92.7 Å². The van der Waals surface area contributed by atoms with Crippen LogP contribution in [-0.2, 0) is 18.9 Å². The molecule has 2 N–H and O–H groups in total. The van der Waals surface area contributed by atoms with Crippen LogP contribution in [0.15, 0.2) is 0 Å². The molecule has 0 aromatic rings. The summed E-state index contributed by atoms with van der Waals surface area (Å²) in [7, 11) is -0.839. The lowest BCUT2D eigenvalue weighted by Gasteiger charge is -2.14. The van der Waals surface area contributed by atoms with E-state index in [0.717, 1.165) is 0 Å². The molecule has 2 atom stereocenters. The number of rotatable bonds is 6. The third-order valence-electron chi connectivity index (χ3n) is 1.75. The normalized spacial score (nSPS) is 14.1. The molecule has 0 aliphatic rings. The van der Waals surface area contributed by atoms with E-state index in [1.807, 2.05) is 0 Å². The van der Waals surface area contributed by atoms with Crippen molar-refractivity contribution in [2.45, 2.75) is 19.4 Å². The molecular weight excluding hydrogens is 221 g/mol. The Morgan fingerprint density at radius 2 is 2.13 bits per heavy atom. The summed E-state index contributed by atoms with van der Waals surface area (Å²) >= 11 is 0. The summed E-state index contributed by atoms with van der Waals surface area (Å²) in [5.41, 5.74) is 0. The Balaban J connectivity index is 4.18. The number of hydrogen-bond acceptors (Lipinski definition) is 5. The zero-order chi connectivity index (χ0) is 11.8. The summed E-state index contributed by atoms with van der Waals surface area (Å²) in [5.74, 6) is -0.924. The highest BCUT2D eigenvalue weighted by Gasteiger charge is 2.20. The Morgan fingerprint density at radius 1 is 1.53 bits per heavy atom. The molecule has 0 rings (SSSR count). The third-order valence-corrected chi connectivity index (χ3v) is 2.95. The van der Waals surface area contributed by atoms with Crippen molar-refractivity contribution >= 4 is 19.7 Å². The van der Waals surface area contributed by atoms with E-state index in [1.165, 1.54) is 14.0 Å². The summed E-state index contributed by atoms with van der Waals surface area (Å²) in [4.78, 5) is 21.9.